The summed E-state index contributed by atoms with van der Waals surface area (Å²) in [6, 6.07) is 10.0. The number of carbonyl (C=O) groups is 1. The van der Waals surface area contributed by atoms with E-state index in [0.29, 0.717) is 0 Å². The molecule has 1 atom stereocenters. The molecule has 0 aromatic heterocycles. The van der Waals surface area contributed by atoms with Crippen LogP contribution in [0.2, 0.25) is 0 Å². The molecule has 0 unspecified atom stereocenters. The summed E-state index contributed by atoms with van der Waals surface area (Å²) in [7, 11) is -4.86. The number of nitrogens with one attached hydrogen (secondary N) is 1. The minimum Gasteiger partial charge on any atom is -0.481 e. The molecule has 0 aliphatic rings. The van der Waals surface area contributed by atoms with Gasteiger partial charge in [-0.3, -0.25) is 4.79 Å². The average molecular weight is 341 g/mol. The average Bonchev–Trinajstić information content (AvgIpc) is 2.46. The first-order valence-corrected chi connectivity index (χ1v) is 7.92. The van der Waals surface area contributed by atoms with Crippen LogP contribution in [0.4, 0.5) is 14.0 Å². The Labute approximate surface area is 132 Å². The fraction of sp³-hybridized carbons (Fsp3) is 0.133. The molecule has 23 heavy (non-hydrogen) atoms. The van der Waals surface area contributed by atoms with Crippen LogP contribution in [-0.2, 0) is 15.0 Å². The Balaban J connectivity index is 2.07. The summed E-state index contributed by atoms with van der Waals surface area (Å²) in [6.07, 6.45) is -0.970. The van der Waals surface area contributed by atoms with Crippen molar-refractivity contribution in [1.29, 1.82) is 0 Å². The molecule has 5 nitrogen and oxygen atoms in total. The van der Waals surface area contributed by atoms with E-state index in [0.717, 1.165) is 18.2 Å². The van der Waals surface area contributed by atoms with Gasteiger partial charge in [-0.1, -0.05) is 12.1 Å². The third-order valence-corrected chi connectivity index (χ3v) is 3.68. The third kappa shape index (κ3) is 4.75. The molecular formula is C15H13F2NO4S. The summed E-state index contributed by atoms with van der Waals surface area (Å²) in [5, 5.41) is 2.40. The van der Waals surface area contributed by atoms with Crippen molar-refractivity contribution < 1.29 is 26.2 Å². The van der Waals surface area contributed by atoms with E-state index < -0.39 is 32.9 Å². The maximum absolute atomic E-state index is 13.0. The minimum atomic E-state index is -4.86. The van der Waals surface area contributed by atoms with Gasteiger partial charge in [0, 0.05) is 11.8 Å². The molecule has 2 aromatic rings. The first kappa shape index (κ1) is 16.9. The Kier molecular flexibility index (Phi) is 4.95. The number of carbonyl (C=O) groups excluding carboxylic acids is 1. The topological polar surface area (TPSA) is 72.5 Å². The maximum atomic E-state index is 13.0. The Bertz CT molecular complexity index is 824. The Hall–Kier alpha value is -2.48. The van der Waals surface area contributed by atoms with Gasteiger partial charge in [-0.05, 0) is 37.3 Å². The van der Waals surface area contributed by atoms with Gasteiger partial charge >= 0.3 is 10.2 Å². The lowest BCUT2D eigenvalue weighted by Crippen LogP contribution is -2.30. The number of benzene rings is 2. The second-order valence-electron chi connectivity index (χ2n) is 4.67. The Morgan fingerprint density at radius 3 is 2.52 bits per heavy atom. The zero-order valence-corrected chi connectivity index (χ0v) is 12.8. The first-order valence-electron chi connectivity index (χ1n) is 6.53. The van der Waals surface area contributed by atoms with E-state index in [1.54, 1.807) is 0 Å². The second kappa shape index (κ2) is 6.74. The van der Waals surface area contributed by atoms with Crippen LogP contribution in [0.5, 0.6) is 5.75 Å². The number of halogens is 2. The quantitative estimate of drug-likeness (QED) is 0.849. The van der Waals surface area contributed by atoms with Crippen molar-refractivity contribution in [2.75, 3.05) is 5.32 Å². The van der Waals surface area contributed by atoms with Crippen LogP contribution in [0.3, 0.4) is 0 Å². The van der Waals surface area contributed by atoms with Crippen LogP contribution >= 0.6 is 0 Å². The summed E-state index contributed by atoms with van der Waals surface area (Å²) in [5.74, 6) is -0.925. The molecule has 1 amide bonds. The van der Waals surface area contributed by atoms with Crippen LogP contribution < -0.4 is 10.1 Å². The van der Waals surface area contributed by atoms with E-state index in [-0.39, 0.29) is 11.4 Å². The predicted octanol–water partition coefficient (Wildman–Crippen LogP) is 2.89. The van der Waals surface area contributed by atoms with Gasteiger partial charge in [0.2, 0.25) is 0 Å². The van der Waals surface area contributed by atoms with Gasteiger partial charge in [-0.2, -0.15) is 8.42 Å². The molecule has 0 radical (unpaired) electrons. The number of hydrogen-bond donors (Lipinski definition) is 1. The van der Waals surface area contributed by atoms with Crippen LogP contribution in [0.15, 0.2) is 53.4 Å². The minimum absolute atomic E-state index is 0.100. The zero-order valence-electron chi connectivity index (χ0n) is 12.0. The monoisotopic (exact) mass is 341 g/mol. The largest absolute Gasteiger partial charge is 0.481 e. The van der Waals surface area contributed by atoms with Crippen molar-refractivity contribution in [2.24, 2.45) is 0 Å². The van der Waals surface area contributed by atoms with E-state index in [1.165, 1.54) is 37.3 Å². The summed E-state index contributed by atoms with van der Waals surface area (Å²) in [4.78, 5) is 11.4. The second-order valence-corrected chi connectivity index (χ2v) is 6.02. The molecule has 0 aliphatic heterocycles. The molecule has 0 fully saturated rings. The van der Waals surface area contributed by atoms with Gasteiger partial charge < -0.3 is 10.1 Å². The molecule has 0 saturated heterocycles. The van der Waals surface area contributed by atoms with Gasteiger partial charge in [0.25, 0.3) is 5.91 Å². The molecular weight excluding hydrogens is 328 g/mol. The van der Waals surface area contributed by atoms with E-state index in [2.05, 4.69) is 5.32 Å². The number of amides is 1. The lowest BCUT2D eigenvalue weighted by atomic mass is 10.3. The van der Waals surface area contributed by atoms with Gasteiger partial charge in [0.15, 0.2) is 6.10 Å². The highest BCUT2D eigenvalue weighted by Crippen LogP contribution is 2.18. The lowest BCUT2D eigenvalue weighted by Gasteiger charge is -2.15. The normalized spacial score (nSPS) is 12.5. The first-order chi connectivity index (χ1) is 10.8. The van der Waals surface area contributed by atoms with Gasteiger partial charge in [0.1, 0.15) is 16.5 Å². The Morgan fingerprint density at radius 1 is 1.17 bits per heavy atom. The Morgan fingerprint density at radius 2 is 1.87 bits per heavy atom. The maximum Gasteiger partial charge on any atom is 0.332 e. The standard InChI is InChI=1S/C15H13F2NO4S/c1-10(22-13-6-2-4-11(16)8-13)15(19)18-12-5-3-7-14(9-12)23(17,20)21/h2-10H,1H3,(H,18,19)/t10-/m0/s1. The number of anilines is 1. The fourth-order valence-electron chi connectivity index (χ4n) is 1.77. The van der Waals surface area contributed by atoms with Crippen molar-refractivity contribution in [3.05, 3.63) is 54.3 Å². The highest BCUT2D eigenvalue weighted by Gasteiger charge is 2.17. The van der Waals surface area contributed by atoms with Crippen molar-refractivity contribution in [1.82, 2.24) is 0 Å². The van der Waals surface area contributed by atoms with Crippen LogP contribution in [0.1, 0.15) is 6.92 Å². The van der Waals surface area contributed by atoms with E-state index in [9.17, 15) is 21.5 Å². The third-order valence-electron chi connectivity index (χ3n) is 2.86. The lowest BCUT2D eigenvalue weighted by molar-refractivity contribution is -0.122. The molecule has 122 valence electrons. The molecule has 0 bridgehead atoms. The van der Waals surface area contributed by atoms with Crippen LogP contribution in [0, 0.1) is 5.82 Å². The molecule has 0 aliphatic carbocycles. The van der Waals surface area contributed by atoms with Crippen molar-refractivity contribution in [3.8, 4) is 5.75 Å². The fourth-order valence-corrected chi connectivity index (χ4v) is 2.28. The van der Waals surface area contributed by atoms with Crippen molar-refractivity contribution >= 4 is 21.8 Å². The van der Waals surface area contributed by atoms with Crippen LogP contribution in [0.25, 0.3) is 0 Å². The van der Waals surface area contributed by atoms with Crippen molar-refractivity contribution in [2.45, 2.75) is 17.9 Å². The van der Waals surface area contributed by atoms with E-state index in [4.69, 9.17) is 4.74 Å². The van der Waals surface area contributed by atoms with E-state index >= 15 is 0 Å². The summed E-state index contributed by atoms with van der Waals surface area (Å²) in [5.41, 5.74) is 0.100. The zero-order chi connectivity index (χ0) is 17.0. The van der Waals surface area contributed by atoms with Crippen molar-refractivity contribution in [3.63, 3.8) is 0 Å². The summed E-state index contributed by atoms with van der Waals surface area (Å²) < 4.78 is 52.9. The molecule has 0 heterocycles. The number of hydrogen-bond acceptors (Lipinski definition) is 4. The highest BCUT2D eigenvalue weighted by atomic mass is 32.3. The van der Waals surface area contributed by atoms with E-state index in [1.807, 2.05) is 0 Å². The summed E-state index contributed by atoms with van der Waals surface area (Å²) in [6.45, 7) is 1.44. The summed E-state index contributed by atoms with van der Waals surface area (Å²) >= 11 is 0. The molecule has 1 N–H and O–H groups in total. The molecule has 8 heteroatoms. The van der Waals surface area contributed by atoms with Gasteiger partial charge in [0.05, 0.1) is 0 Å². The number of rotatable bonds is 5. The highest BCUT2D eigenvalue weighted by molar-refractivity contribution is 7.86. The molecule has 2 aromatic carbocycles. The van der Waals surface area contributed by atoms with Gasteiger partial charge in [-0.25, -0.2) is 4.39 Å². The van der Waals surface area contributed by atoms with Gasteiger partial charge in [-0.15, -0.1) is 3.89 Å². The smallest absolute Gasteiger partial charge is 0.332 e. The number of ether oxygens (including phenoxy) is 1. The van der Waals surface area contributed by atoms with Crippen LogP contribution in [-0.4, -0.2) is 20.4 Å². The molecule has 0 spiro atoms. The molecule has 0 saturated carbocycles. The molecule has 2 rings (SSSR count). The SMILES string of the molecule is C[C@H](Oc1cccc(F)c1)C(=O)Nc1cccc(S(=O)(=O)F)c1. The predicted molar refractivity (Wildman–Crippen MR) is 79.9 cm³/mol.